The van der Waals surface area contributed by atoms with Crippen LogP contribution in [0.2, 0.25) is 0 Å². The van der Waals surface area contributed by atoms with Gasteiger partial charge in [-0.1, -0.05) is 23.4 Å². The third-order valence-corrected chi connectivity index (χ3v) is 3.56. The lowest BCUT2D eigenvalue weighted by Crippen LogP contribution is -2.08. The minimum atomic E-state index is -0.308. The zero-order chi connectivity index (χ0) is 16.2. The van der Waals surface area contributed by atoms with Gasteiger partial charge in [-0.2, -0.15) is 5.10 Å². The molecule has 2 aromatic heterocycles. The highest BCUT2D eigenvalue weighted by Crippen LogP contribution is 2.14. The molecule has 0 saturated carbocycles. The first-order valence-corrected chi connectivity index (χ1v) is 7.30. The van der Waals surface area contributed by atoms with Crippen LogP contribution in [0, 0.1) is 13.8 Å². The topological polar surface area (TPSA) is 70.2 Å². The molecule has 0 aliphatic carbocycles. The van der Waals surface area contributed by atoms with Crippen LogP contribution in [0.4, 0.5) is 0 Å². The van der Waals surface area contributed by atoms with E-state index in [0.717, 1.165) is 22.5 Å². The SMILES string of the molecule is Cc1noc(C)c1COC(=O)Cc1cnn(-c2ccccc2)c1. The number of benzene rings is 1. The van der Waals surface area contributed by atoms with Crippen LogP contribution in [0.15, 0.2) is 47.2 Å². The van der Waals surface area contributed by atoms with E-state index in [1.54, 1.807) is 17.8 Å². The van der Waals surface area contributed by atoms with Crippen LogP contribution >= 0.6 is 0 Å². The number of rotatable bonds is 5. The summed E-state index contributed by atoms with van der Waals surface area (Å²) in [4.78, 5) is 12.0. The zero-order valence-electron chi connectivity index (χ0n) is 13.0. The maximum Gasteiger partial charge on any atom is 0.310 e. The normalized spacial score (nSPS) is 10.7. The van der Waals surface area contributed by atoms with E-state index in [0.29, 0.717) is 5.76 Å². The van der Waals surface area contributed by atoms with E-state index in [1.165, 1.54) is 0 Å². The molecule has 3 aromatic rings. The smallest absolute Gasteiger partial charge is 0.310 e. The summed E-state index contributed by atoms with van der Waals surface area (Å²) >= 11 is 0. The summed E-state index contributed by atoms with van der Waals surface area (Å²) in [6.45, 7) is 3.80. The monoisotopic (exact) mass is 311 g/mol. The van der Waals surface area contributed by atoms with Crippen LogP contribution in [0.3, 0.4) is 0 Å². The number of hydrogen-bond acceptors (Lipinski definition) is 5. The average Bonchev–Trinajstić information content (AvgIpc) is 3.14. The van der Waals surface area contributed by atoms with E-state index >= 15 is 0 Å². The number of aryl methyl sites for hydroxylation is 2. The van der Waals surface area contributed by atoms with Gasteiger partial charge in [0, 0.05) is 11.8 Å². The van der Waals surface area contributed by atoms with Crippen molar-refractivity contribution in [1.82, 2.24) is 14.9 Å². The Bertz CT molecular complexity index is 786. The Morgan fingerprint density at radius 2 is 2.04 bits per heavy atom. The third kappa shape index (κ3) is 3.48. The second-order valence-corrected chi connectivity index (χ2v) is 5.27. The van der Waals surface area contributed by atoms with Gasteiger partial charge in [0.1, 0.15) is 12.4 Å². The predicted molar refractivity (Wildman–Crippen MR) is 83.0 cm³/mol. The van der Waals surface area contributed by atoms with Crippen molar-refractivity contribution in [3.05, 3.63) is 65.3 Å². The second kappa shape index (κ2) is 6.48. The van der Waals surface area contributed by atoms with Crippen LogP contribution in [0.1, 0.15) is 22.6 Å². The summed E-state index contributed by atoms with van der Waals surface area (Å²) < 4.78 is 12.1. The van der Waals surface area contributed by atoms with E-state index in [1.807, 2.05) is 43.5 Å². The summed E-state index contributed by atoms with van der Waals surface area (Å²) in [5.41, 5.74) is 3.31. The van der Waals surface area contributed by atoms with Crippen LogP contribution < -0.4 is 0 Å². The summed E-state index contributed by atoms with van der Waals surface area (Å²) in [6.07, 6.45) is 3.67. The molecule has 0 radical (unpaired) electrons. The molecule has 0 fully saturated rings. The van der Waals surface area contributed by atoms with Gasteiger partial charge in [-0.05, 0) is 26.0 Å². The Morgan fingerprint density at radius 3 is 2.74 bits per heavy atom. The maximum atomic E-state index is 12.0. The molecule has 0 aliphatic heterocycles. The molecule has 0 spiro atoms. The fourth-order valence-electron chi connectivity index (χ4n) is 2.25. The molecule has 0 bridgehead atoms. The van der Waals surface area contributed by atoms with Gasteiger partial charge in [0.25, 0.3) is 0 Å². The standard InChI is InChI=1S/C17H17N3O3/c1-12-16(13(2)23-19-12)11-22-17(21)8-14-9-18-20(10-14)15-6-4-3-5-7-15/h3-7,9-10H,8,11H2,1-2H3. The highest BCUT2D eigenvalue weighted by Gasteiger charge is 2.13. The van der Waals surface area contributed by atoms with Crippen molar-refractivity contribution in [1.29, 1.82) is 0 Å². The van der Waals surface area contributed by atoms with Crippen LogP contribution in [-0.2, 0) is 22.6 Å². The van der Waals surface area contributed by atoms with E-state index in [2.05, 4.69) is 10.3 Å². The van der Waals surface area contributed by atoms with Gasteiger partial charge in [0.15, 0.2) is 0 Å². The summed E-state index contributed by atoms with van der Waals surface area (Å²) in [5, 5.41) is 8.10. The molecule has 0 amide bonds. The number of aromatic nitrogens is 3. The fraction of sp³-hybridized carbons (Fsp3) is 0.235. The molecule has 118 valence electrons. The lowest BCUT2D eigenvalue weighted by Gasteiger charge is -2.03. The van der Waals surface area contributed by atoms with E-state index in [-0.39, 0.29) is 19.0 Å². The Labute approximate surface area is 133 Å². The fourth-order valence-corrected chi connectivity index (χ4v) is 2.25. The average molecular weight is 311 g/mol. The van der Waals surface area contributed by atoms with Gasteiger partial charge >= 0.3 is 5.97 Å². The van der Waals surface area contributed by atoms with Gasteiger partial charge in [-0.25, -0.2) is 4.68 Å². The molecule has 0 aliphatic rings. The molecular formula is C17H17N3O3. The van der Waals surface area contributed by atoms with Crippen LogP contribution in [0.25, 0.3) is 5.69 Å². The maximum absolute atomic E-state index is 12.0. The van der Waals surface area contributed by atoms with Crippen molar-refractivity contribution in [3.63, 3.8) is 0 Å². The highest BCUT2D eigenvalue weighted by molar-refractivity contribution is 5.72. The lowest BCUT2D eigenvalue weighted by molar-refractivity contribution is -0.144. The lowest BCUT2D eigenvalue weighted by atomic mass is 10.2. The third-order valence-electron chi connectivity index (χ3n) is 3.56. The first-order chi connectivity index (χ1) is 11.1. The Morgan fingerprint density at radius 1 is 1.26 bits per heavy atom. The molecule has 6 heteroatoms. The number of nitrogens with zero attached hydrogens (tertiary/aromatic N) is 3. The number of hydrogen-bond donors (Lipinski definition) is 0. The molecule has 1 aromatic carbocycles. The zero-order valence-corrected chi connectivity index (χ0v) is 13.0. The molecule has 0 N–H and O–H groups in total. The van der Waals surface area contributed by atoms with Gasteiger partial charge in [0.2, 0.25) is 0 Å². The summed E-state index contributed by atoms with van der Waals surface area (Å²) in [5.74, 6) is 0.366. The van der Waals surface area contributed by atoms with Crippen molar-refractivity contribution in [2.75, 3.05) is 0 Å². The Hall–Kier alpha value is -2.89. The van der Waals surface area contributed by atoms with E-state index < -0.39 is 0 Å². The second-order valence-electron chi connectivity index (χ2n) is 5.27. The number of ether oxygens (including phenoxy) is 1. The first kappa shape index (κ1) is 15.0. The van der Waals surface area contributed by atoms with Gasteiger partial charge in [-0.3, -0.25) is 4.79 Å². The van der Waals surface area contributed by atoms with Gasteiger partial charge < -0.3 is 9.26 Å². The highest BCUT2D eigenvalue weighted by atomic mass is 16.5. The van der Waals surface area contributed by atoms with Crippen LogP contribution in [-0.4, -0.2) is 20.9 Å². The van der Waals surface area contributed by atoms with Crippen molar-refractivity contribution >= 4 is 5.97 Å². The van der Waals surface area contributed by atoms with Crippen LogP contribution in [0.5, 0.6) is 0 Å². The quantitative estimate of drug-likeness (QED) is 0.678. The molecule has 23 heavy (non-hydrogen) atoms. The Balaban J connectivity index is 1.59. The molecular weight excluding hydrogens is 294 g/mol. The van der Waals surface area contributed by atoms with Crippen molar-refractivity contribution in [2.24, 2.45) is 0 Å². The minimum absolute atomic E-state index is 0.173. The minimum Gasteiger partial charge on any atom is -0.460 e. The summed E-state index contributed by atoms with van der Waals surface area (Å²) in [6, 6.07) is 9.72. The number of carbonyl (C=O) groups excluding carboxylic acids is 1. The molecule has 6 nitrogen and oxygen atoms in total. The van der Waals surface area contributed by atoms with Crippen molar-refractivity contribution in [2.45, 2.75) is 26.9 Å². The largest absolute Gasteiger partial charge is 0.460 e. The van der Waals surface area contributed by atoms with Gasteiger partial charge in [-0.15, -0.1) is 0 Å². The Kier molecular flexibility index (Phi) is 4.23. The molecule has 0 atom stereocenters. The van der Waals surface area contributed by atoms with Crippen molar-refractivity contribution in [3.8, 4) is 5.69 Å². The molecule has 0 saturated heterocycles. The number of para-hydroxylation sites is 1. The molecule has 3 rings (SSSR count). The van der Waals surface area contributed by atoms with Crippen molar-refractivity contribution < 1.29 is 14.1 Å². The van der Waals surface area contributed by atoms with E-state index in [9.17, 15) is 4.79 Å². The summed E-state index contributed by atoms with van der Waals surface area (Å²) in [7, 11) is 0. The first-order valence-electron chi connectivity index (χ1n) is 7.30. The van der Waals surface area contributed by atoms with E-state index in [4.69, 9.17) is 9.26 Å². The molecule has 0 unspecified atom stereocenters. The van der Waals surface area contributed by atoms with Gasteiger partial charge in [0.05, 0.1) is 29.6 Å². The molecule has 2 heterocycles. The number of carbonyl (C=O) groups is 1. The number of esters is 1. The predicted octanol–water partition coefficient (Wildman–Crippen LogP) is 2.76.